The van der Waals surface area contributed by atoms with Gasteiger partial charge in [0.05, 0.1) is 0 Å². The number of nitrogens with two attached hydrogens (primary N) is 1. The van der Waals surface area contributed by atoms with Crippen molar-refractivity contribution >= 4 is 0 Å². The number of piperidine rings is 1. The normalized spacial score (nSPS) is 19.6. The SMILES string of the molecule is CC(c1ccc(F)c(F)c1)N1CCC(CCN)CC1. The Labute approximate surface area is 113 Å². The summed E-state index contributed by atoms with van der Waals surface area (Å²) in [6.45, 7) is 4.81. The number of halogens is 2. The highest BCUT2D eigenvalue weighted by atomic mass is 19.2. The van der Waals surface area contributed by atoms with E-state index in [1.165, 1.54) is 12.1 Å². The van der Waals surface area contributed by atoms with Gasteiger partial charge >= 0.3 is 0 Å². The molecular formula is C15H22F2N2. The fourth-order valence-corrected chi connectivity index (χ4v) is 2.85. The van der Waals surface area contributed by atoms with Crippen molar-refractivity contribution in [3.63, 3.8) is 0 Å². The van der Waals surface area contributed by atoms with E-state index in [2.05, 4.69) is 11.8 Å². The van der Waals surface area contributed by atoms with Crippen LogP contribution in [-0.4, -0.2) is 24.5 Å². The van der Waals surface area contributed by atoms with Gasteiger partial charge in [-0.3, -0.25) is 4.90 Å². The Bertz CT molecular complexity index is 415. The summed E-state index contributed by atoms with van der Waals surface area (Å²) in [5, 5.41) is 0. The summed E-state index contributed by atoms with van der Waals surface area (Å²) in [6.07, 6.45) is 3.38. The van der Waals surface area contributed by atoms with Gasteiger partial charge in [0.15, 0.2) is 11.6 Å². The Hall–Kier alpha value is -1.00. The molecule has 4 heteroatoms. The van der Waals surface area contributed by atoms with Gasteiger partial charge in [0.1, 0.15) is 0 Å². The van der Waals surface area contributed by atoms with Crippen LogP contribution in [-0.2, 0) is 0 Å². The smallest absolute Gasteiger partial charge is 0.159 e. The summed E-state index contributed by atoms with van der Waals surface area (Å²) in [5.41, 5.74) is 6.43. The molecule has 1 saturated heterocycles. The maximum atomic E-state index is 13.3. The molecular weight excluding hydrogens is 246 g/mol. The number of benzene rings is 1. The van der Waals surface area contributed by atoms with Gasteiger partial charge in [0, 0.05) is 6.04 Å². The Morgan fingerprint density at radius 1 is 1.26 bits per heavy atom. The van der Waals surface area contributed by atoms with E-state index in [0.29, 0.717) is 0 Å². The van der Waals surface area contributed by atoms with Gasteiger partial charge in [-0.05, 0) is 69.4 Å². The summed E-state index contributed by atoms with van der Waals surface area (Å²) in [6, 6.07) is 4.33. The van der Waals surface area contributed by atoms with Crippen LogP contribution in [0.15, 0.2) is 18.2 Å². The molecule has 2 rings (SSSR count). The summed E-state index contributed by atoms with van der Waals surface area (Å²) < 4.78 is 26.2. The van der Waals surface area contributed by atoms with Crippen LogP contribution in [0.5, 0.6) is 0 Å². The number of hydrogen-bond acceptors (Lipinski definition) is 2. The van der Waals surface area contributed by atoms with Crippen LogP contribution >= 0.6 is 0 Å². The molecule has 0 saturated carbocycles. The van der Waals surface area contributed by atoms with Gasteiger partial charge in [-0.25, -0.2) is 8.78 Å². The predicted octanol–water partition coefficient (Wildman–Crippen LogP) is 3.09. The Morgan fingerprint density at radius 2 is 1.95 bits per heavy atom. The van der Waals surface area contributed by atoms with Crippen molar-refractivity contribution in [2.45, 2.75) is 32.2 Å². The third-order valence-corrected chi connectivity index (χ3v) is 4.20. The molecule has 2 N–H and O–H groups in total. The Kier molecular flexibility index (Phi) is 4.88. The fraction of sp³-hybridized carbons (Fsp3) is 0.600. The molecule has 2 nitrogen and oxygen atoms in total. The second-order valence-electron chi connectivity index (χ2n) is 5.41. The van der Waals surface area contributed by atoms with E-state index < -0.39 is 11.6 Å². The van der Waals surface area contributed by atoms with Crippen molar-refractivity contribution in [1.82, 2.24) is 4.90 Å². The molecule has 0 spiro atoms. The van der Waals surface area contributed by atoms with E-state index in [1.54, 1.807) is 6.07 Å². The van der Waals surface area contributed by atoms with Gasteiger partial charge in [0.25, 0.3) is 0 Å². The molecule has 1 aromatic carbocycles. The number of likely N-dealkylation sites (tertiary alicyclic amines) is 1. The minimum Gasteiger partial charge on any atom is -0.330 e. The lowest BCUT2D eigenvalue weighted by Gasteiger charge is -2.36. The zero-order valence-corrected chi connectivity index (χ0v) is 11.4. The van der Waals surface area contributed by atoms with Crippen LogP contribution < -0.4 is 5.73 Å². The van der Waals surface area contributed by atoms with Crippen LogP contribution in [0.3, 0.4) is 0 Å². The van der Waals surface area contributed by atoms with Gasteiger partial charge in [-0.2, -0.15) is 0 Å². The molecule has 0 aliphatic carbocycles. The van der Waals surface area contributed by atoms with Crippen LogP contribution in [0.2, 0.25) is 0 Å². The molecule has 1 fully saturated rings. The first-order chi connectivity index (χ1) is 9.11. The van der Waals surface area contributed by atoms with E-state index in [4.69, 9.17) is 5.73 Å². The molecule has 0 aromatic heterocycles. The van der Waals surface area contributed by atoms with E-state index in [0.717, 1.165) is 50.4 Å². The number of rotatable bonds is 4. The first-order valence-corrected chi connectivity index (χ1v) is 7.01. The van der Waals surface area contributed by atoms with Crippen LogP contribution in [0.4, 0.5) is 8.78 Å². The lowest BCUT2D eigenvalue weighted by Crippen LogP contribution is -2.36. The van der Waals surface area contributed by atoms with E-state index in [9.17, 15) is 8.78 Å². The highest BCUT2D eigenvalue weighted by Crippen LogP contribution is 2.28. The summed E-state index contributed by atoms with van der Waals surface area (Å²) in [7, 11) is 0. The topological polar surface area (TPSA) is 29.3 Å². The molecule has 1 heterocycles. The van der Waals surface area contributed by atoms with E-state index in [-0.39, 0.29) is 6.04 Å². The van der Waals surface area contributed by atoms with Crippen molar-refractivity contribution in [1.29, 1.82) is 0 Å². The highest BCUT2D eigenvalue weighted by Gasteiger charge is 2.23. The lowest BCUT2D eigenvalue weighted by molar-refractivity contribution is 0.138. The van der Waals surface area contributed by atoms with Crippen molar-refractivity contribution < 1.29 is 8.78 Å². The van der Waals surface area contributed by atoms with Gasteiger partial charge < -0.3 is 5.73 Å². The Morgan fingerprint density at radius 3 is 2.53 bits per heavy atom. The third-order valence-electron chi connectivity index (χ3n) is 4.20. The lowest BCUT2D eigenvalue weighted by atomic mass is 9.92. The number of hydrogen-bond donors (Lipinski definition) is 1. The van der Waals surface area contributed by atoms with E-state index in [1.807, 2.05) is 0 Å². The molecule has 0 bridgehead atoms. The van der Waals surface area contributed by atoms with Gasteiger partial charge in [-0.1, -0.05) is 6.07 Å². The van der Waals surface area contributed by atoms with Crippen molar-refractivity contribution in [3.05, 3.63) is 35.4 Å². The van der Waals surface area contributed by atoms with Crippen LogP contribution in [0.1, 0.15) is 37.8 Å². The van der Waals surface area contributed by atoms with Gasteiger partial charge in [0.2, 0.25) is 0 Å². The molecule has 1 aromatic rings. The summed E-state index contributed by atoms with van der Waals surface area (Å²) in [4.78, 5) is 2.33. The maximum absolute atomic E-state index is 13.3. The minimum absolute atomic E-state index is 0.133. The van der Waals surface area contributed by atoms with Crippen LogP contribution in [0.25, 0.3) is 0 Å². The molecule has 19 heavy (non-hydrogen) atoms. The third kappa shape index (κ3) is 3.51. The van der Waals surface area contributed by atoms with Crippen LogP contribution in [0, 0.1) is 17.6 Å². The summed E-state index contributed by atoms with van der Waals surface area (Å²) >= 11 is 0. The fourth-order valence-electron chi connectivity index (χ4n) is 2.85. The molecule has 0 amide bonds. The predicted molar refractivity (Wildman–Crippen MR) is 72.7 cm³/mol. The highest BCUT2D eigenvalue weighted by molar-refractivity contribution is 5.21. The average molecular weight is 268 g/mol. The molecule has 1 atom stereocenters. The first kappa shape index (κ1) is 14.4. The first-order valence-electron chi connectivity index (χ1n) is 7.01. The second-order valence-corrected chi connectivity index (χ2v) is 5.41. The summed E-state index contributed by atoms with van der Waals surface area (Å²) in [5.74, 6) is -0.821. The Balaban J connectivity index is 1.97. The molecule has 0 radical (unpaired) electrons. The second kappa shape index (κ2) is 6.44. The molecule has 1 aliphatic rings. The number of nitrogens with zero attached hydrogens (tertiary/aromatic N) is 1. The van der Waals surface area contributed by atoms with Crippen molar-refractivity contribution in [3.8, 4) is 0 Å². The van der Waals surface area contributed by atoms with Crippen molar-refractivity contribution in [2.24, 2.45) is 11.7 Å². The molecule has 1 unspecified atom stereocenters. The monoisotopic (exact) mass is 268 g/mol. The average Bonchev–Trinajstić information content (AvgIpc) is 2.42. The largest absolute Gasteiger partial charge is 0.330 e. The minimum atomic E-state index is -0.780. The zero-order valence-electron chi connectivity index (χ0n) is 11.4. The zero-order chi connectivity index (χ0) is 13.8. The van der Waals surface area contributed by atoms with Crippen molar-refractivity contribution in [2.75, 3.05) is 19.6 Å². The molecule has 1 aliphatic heterocycles. The van der Waals surface area contributed by atoms with Gasteiger partial charge in [-0.15, -0.1) is 0 Å². The molecule has 106 valence electrons. The standard InChI is InChI=1S/C15H22F2N2/c1-11(13-2-3-14(16)15(17)10-13)19-8-5-12(4-7-18)6-9-19/h2-3,10-12H,4-9,18H2,1H3. The van der Waals surface area contributed by atoms with E-state index >= 15 is 0 Å². The quantitative estimate of drug-likeness (QED) is 0.909. The maximum Gasteiger partial charge on any atom is 0.159 e.